The number of nitrogens with zero attached hydrogens (tertiary/aromatic N) is 4. The predicted octanol–water partition coefficient (Wildman–Crippen LogP) is 1.74. The van der Waals surface area contributed by atoms with Crippen molar-refractivity contribution >= 4 is 23.1 Å². The molecule has 2 atom stereocenters. The molecule has 0 saturated carbocycles. The Bertz CT molecular complexity index is 730. The lowest BCUT2D eigenvalue weighted by atomic mass is 10.1. The average molecular weight is 343 g/mol. The first-order valence-corrected chi connectivity index (χ1v) is 8.96. The van der Waals surface area contributed by atoms with Gasteiger partial charge in [0, 0.05) is 43.3 Å². The molecule has 1 fully saturated rings. The Morgan fingerprint density at radius 1 is 1.29 bits per heavy atom. The Hall–Kier alpha value is -2.19. The average Bonchev–Trinajstić information content (AvgIpc) is 3.24. The zero-order valence-corrected chi connectivity index (χ0v) is 14.1. The van der Waals surface area contributed by atoms with Gasteiger partial charge in [-0.05, 0) is 18.9 Å². The Labute approximate surface area is 145 Å². The number of anilines is 2. The van der Waals surface area contributed by atoms with Crippen LogP contribution in [0.25, 0.3) is 0 Å². The van der Waals surface area contributed by atoms with E-state index in [0.717, 1.165) is 47.9 Å². The third kappa shape index (κ3) is 2.83. The molecule has 0 spiro atoms. The van der Waals surface area contributed by atoms with Crippen molar-refractivity contribution in [1.29, 1.82) is 0 Å². The van der Waals surface area contributed by atoms with Gasteiger partial charge in [-0.15, -0.1) is 0 Å². The van der Waals surface area contributed by atoms with Crippen LogP contribution in [0, 0.1) is 0 Å². The number of pyridine rings is 1. The molecule has 0 radical (unpaired) electrons. The van der Waals surface area contributed by atoms with Crippen molar-refractivity contribution in [1.82, 2.24) is 15.2 Å². The monoisotopic (exact) mass is 343 g/mol. The van der Waals surface area contributed by atoms with Crippen molar-refractivity contribution < 1.29 is 0 Å². The zero-order chi connectivity index (χ0) is 16.5. The molecule has 2 aromatic heterocycles. The van der Waals surface area contributed by atoms with Crippen molar-refractivity contribution in [3.05, 3.63) is 47.6 Å². The summed E-state index contributed by atoms with van der Waals surface area (Å²) in [5.74, 6) is 0. The fourth-order valence-electron chi connectivity index (χ4n) is 3.32. The summed E-state index contributed by atoms with van der Waals surface area (Å²) in [5, 5.41) is 7.80. The maximum absolute atomic E-state index is 6.17. The standard InChI is InChI=1S/C16H21N7S/c17-12-2-1-5-22(9-12)13-3-4-19-8-14(13)23-10-15(18)24-16(23)11-6-20-21-7-11/h3-4,6-8,10,12,16H,1-2,5,9,17-18H2,(H,20,21)/t12?,16-/m0/s1. The van der Waals surface area contributed by atoms with E-state index in [1.54, 1.807) is 11.8 Å². The molecule has 5 N–H and O–H groups in total. The molecule has 8 heteroatoms. The molecule has 1 unspecified atom stereocenters. The molecule has 0 amide bonds. The van der Waals surface area contributed by atoms with Gasteiger partial charge in [0.05, 0.1) is 28.8 Å². The molecule has 126 valence electrons. The topological polar surface area (TPSA) is 100 Å². The minimum absolute atomic E-state index is 0.0603. The number of hydrogen-bond donors (Lipinski definition) is 3. The van der Waals surface area contributed by atoms with Crippen molar-refractivity contribution in [3.8, 4) is 0 Å². The van der Waals surface area contributed by atoms with Crippen molar-refractivity contribution in [2.45, 2.75) is 24.3 Å². The first-order chi connectivity index (χ1) is 11.7. The van der Waals surface area contributed by atoms with Gasteiger partial charge in [-0.25, -0.2) is 0 Å². The molecule has 0 aliphatic carbocycles. The molecule has 2 aliphatic rings. The third-order valence-electron chi connectivity index (χ3n) is 4.43. The summed E-state index contributed by atoms with van der Waals surface area (Å²) in [6.07, 6.45) is 11.7. The molecule has 1 saturated heterocycles. The summed E-state index contributed by atoms with van der Waals surface area (Å²) in [7, 11) is 0. The molecule has 7 nitrogen and oxygen atoms in total. The van der Waals surface area contributed by atoms with Gasteiger partial charge in [0.1, 0.15) is 5.37 Å². The minimum atomic E-state index is 0.0603. The SMILES string of the molecule is NC1=CN(c2cnccc2N2CCCC(N)C2)[C@H](c2cn[nH]c2)S1. The normalized spacial score (nSPS) is 24.3. The Morgan fingerprint density at radius 2 is 2.21 bits per heavy atom. The van der Waals surface area contributed by atoms with E-state index < -0.39 is 0 Å². The predicted molar refractivity (Wildman–Crippen MR) is 97.3 cm³/mol. The maximum atomic E-state index is 6.17. The van der Waals surface area contributed by atoms with E-state index in [0.29, 0.717) is 0 Å². The molecule has 0 bridgehead atoms. The number of nitrogens with one attached hydrogen (secondary N) is 1. The molecule has 4 rings (SSSR count). The fourth-order valence-corrected chi connectivity index (χ4v) is 4.30. The van der Waals surface area contributed by atoms with Gasteiger partial charge < -0.3 is 21.3 Å². The summed E-state index contributed by atoms with van der Waals surface area (Å²) >= 11 is 1.62. The molecule has 4 heterocycles. The van der Waals surface area contributed by atoms with Crippen LogP contribution < -0.4 is 21.3 Å². The first-order valence-electron chi connectivity index (χ1n) is 8.08. The van der Waals surface area contributed by atoms with Crippen LogP contribution in [0.1, 0.15) is 23.8 Å². The molecular formula is C16H21N7S. The van der Waals surface area contributed by atoms with Gasteiger partial charge in [-0.1, -0.05) is 11.8 Å². The van der Waals surface area contributed by atoms with Crippen LogP contribution in [0.3, 0.4) is 0 Å². The highest BCUT2D eigenvalue weighted by Crippen LogP contribution is 2.46. The van der Waals surface area contributed by atoms with E-state index >= 15 is 0 Å². The van der Waals surface area contributed by atoms with E-state index in [1.807, 2.05) is 31.0 Å². The van der Waals surface area contributed by atoms with Crippen molar-refractivity contribution in [2.75, 3.05) is 22.9 Å². The number of rotatable bonds is 3. The van der Waals surface area contributed by atoms with Gasteiger partial charge in [-0.2, -0.15) is 5.10 Å². The Balaban J connectivity index is 1.70. The second kappa shape index (κ2) is 6.37. The molecule has 2 aromatic rings. The summed E-state index contributed by atoms with van der Waals surface area (Å²) in [6, 6.07) is 2.28. The maximum Gasteiger partial charge on any atom is 0.114 e. The quantitative estimate of drug-likeness (QED) is 0.780. The first kappa shape index (κ1) is 15.3. The number of aromatic nitrogens is 3. The largest absolute Gasteiger partial charge is 0.392 e. The molecule has 2 aliphatic heterocycles. The van der Waals surface area contributed by atoms with Crippen LogP contribution in [-0.2, 0) is 0 Å². The van der Waals surface area contributed by atoms with Crippen LogP contribution in [-0.4, -0.2) is 34.3 Å². The highest BCUT2D eigenvalue weighted by Gasteiger charge is 2.31. The number of aromatic amines is 1. The molecule has 0 aromatic carbocycles. The van der Waals surface area contributed by atoms with Gasteiger partial charge in [0.15, 0.2) is 0 Å². The minimum Gasteiger partial charge on any atom is -0.392 e. The highest BCUT2D eigenvalue weighted by molar-refractivity contribution is 8.03. The van der Waals surface area contributed by atoms with E-state index in [4.69, 9.17) is 11.5 Å². The fraction of sp³-hybridized carbons (Fsp3) is 0.375. The summed E-state index contributed by atoms with van der Waals surface area (Å²) in [4.78, 5) is 8.87. The van der Waals surface area contributed by atoms with Gasteiger partial charge in [0.2, 0.25) is 0 Å². The number of thioether (sulfide) groups is 1. The number of nitrogens with two attached hydrogens (primary N) is 2. The van der Waals surface area contributed by atoms with E-state index in [9.17, 15) is 0 Å². The third-order valence-corrected chi connectivity index (χ3v) is 5.53. The van der Waals surface area contributed by atoms with E-state index in [-0.39, 0.29) is 11.4 Å². The lowest BCUT2D eigenvalue weighted by Crippen LogP contribution is -2.43. The van der Waals surface area contributed by atoms with Crippen molar-refractivity contribution in [3.63, 3.8) is 0 Å². The van der Waals surface area contributed by atoms with E-state index in [1.165, 1.54) is 0 Å². The van der Waals surface area contributed by atoms with Crippen LogP contribution in [0.5, 0.6) is 0 Å². The number of hydrogen-bond acceptors (Lipinski definition) is 7. The number of H-pyrrole nitrogens is 1. The number of piperidine rings is 1. The second-order valence-corrected chi connectivity index (χ2v) is 7.31. The summed E-state index contributed by atoms with van der Waals surface area (Å²) < 4.78 is 0. The highest BCUT2D eigenvalue weighted by atomic mass is 32.2. The molecular weight excluding hydrogens is 322 g/mol. The van der Waals surface area contributed by atoms with Gasteiger partial charge in [-0.3, -0.25) is 10.1 Å². The lowest BCUT2D eigenvalue weighted by molar-refractivity contribution is 0.506. The Kier molecular flexibility index (Phi) is 4.07. The van der Waals surface area contributed by atoms with Crippen molar-refractivity contribution in [2.24, 2.45) is 11.5 Å². The second-order valence-electron chi connectivity index (χ2n) is 6.15. The van der Waals surface area contributed by atoms with Crippen LogP contribution in [0.4, 0.5) is 11.4 Å². The van der Waals surface area contributed by atoms with Crippen LogP contribution in [0.15, 0.2) is 42.1 Å². The van der Waals surface area contributed by atoms with E-state index in [2.05, 4.69) is 31.0 Å². The lowest BCUT2D eigenvalue weighted by Gasteiger charge is -2.36. The zero-order valence-electron chi connectivity index (χ0n) is 13.3. The Morgan fingerprint density at radius 3 is 3.00 bits per heavy atom. The summed E-state index contributed by atoms with van der Waals surface area (Å²) in [6.45, 7) is 1.88. The van der Waals surface area contributed by atoms with Crippen LogP contribution >= 0.6 is 11.8 Å². The summed E-state index contributed by atoms with van der Waals surface area (Å²) in [5.41, 5.74) is 15.6. The van der Waals surface area contributed by atoms with Gasteiger partial charge in [0.25, 0.3) is 0 Å². The van der Waals surface area contributed by atoms with Crippen LogP contribution in [0.2, 0.25) is 0 Å². The molecule has 24 heavy (non-hydrogen) atoms. The smallest absolute Gasteiger partial charge is 0.114 e. The van der Waals surface area contributed by atoms with Gasteiger partial charge >= 0.3 is 0 Å².